The van der Waals surface area contributed by atoms with Crippen LogP contribution in [-0.4, -0.2) is 6.21 Å². The van der Waals surface area contributed by atoms with Crippen LogP contribution in [0.3, 0.4) is 0 Å². The third kappa shape index (κ3) is 2.41. The van der Waals surface area contributed by atoms with E-state index in [4.69, 9.17) is 0 Å². The lowest BCUT2D eigenvalue weighted by molar-refractivity contribution is 0.616. The fourth-order valence-electron chi connectivity index (χ4n) is 1.36. The van der Waals surface area contributed by atoms with E-state index < -0.39 is 0 Å². The molecular formula is C12H16FN. The highest BCUT2D eigenvalue weighted by Gasteiger charge is 2.04. The predicted octanol–water partition coefficient (Wildman–Crippen LogP) is 3.81. The number of nitrogens with zero attached hydrogens (tertiary/aromatic N) is 1. The normalized spacial score (nSPS) is 11.1. The quantitative estimate of drug-likeness (QED) is 0.647. The van der Waals surface area contributed by atoms with E-state index >= 15 is 0 Å². The Morgan fingerprint density at radius 3 is 2.64 bits per heavy atom. The molecule has 0 aliphatic carbocycles. The van der Waals surface area contributed by atoms with Gasteiger partial charge in [-0.3, -0.25) is 4.99 Å². The molecule has 76 valence electrons. The van der Waals surface area contributed by atoms with Crippen molar-refractivity contribution in [1.29, 1.82) is 0 Å². The van der Waals surface area contributed by atoms with E-state index in [2.05, 4.69) is 4.99 Å². The van der Waals surface area contributed by atoms with Gasteiger partial charge in [0.15, 0.2) is 0 Å². The van der Waals surface area contributed by atoms with Gasteiger partial charge in [0.25, 0.3) is 0 Å². The summed E-state index contributed by atoms with van der Waals surface area (Å²) in [5, 5.41) is 0. The lowest BCUT2D eigenvalue weighted by Crippen LogP contribution is -1.90. The number of benzene rings is 1. The van der Waals surface area contributed by atoms with Crippen molar-refractivity contribution in [2.24, 2.45) is 4.99 Å². The molecule has 14 heavy (non-hydrogen) atoms. The second-order valence-corrected chi connectivity index (χ2v) is 3.29. The molecule has 0 atom stereocenters. The largest absolute Gasteiger partial charge is 0.261 e. The van der Waals surface area contributed by atoms with Crippen LogP contribution < -0.4 is 0 Å². The smallest absolute Gasteiger partial charge is 0.128 e. The Morgan fingerprint density at radius 1 is 1.36 bits per heavy atom. The van der Waals surface area contributed by atoms with E-state index in [1.54, 1.807) is 6.21 Å². The summed E-state index contributed by atoms with van der Waals surface area (Å²) in [6.07, 6.45) is 3.51. The number of rotatable bonds is 3. The molecule has 0 aliphatic heterocycles. The molecule has 1 rings (SSSR count). The SMILES string of the molecule is CCC=Nc1cc(F)c(C)c(CC)c1. The predicted molar refractivity (Wildman–Crippen MR) is 59.0 cm³/mol. The minimum atomic E-state index is -0.160. The summed E-state index contributed by atoms with van der Waals surface area (Å²) in [7, 11) is 0. The van der Waals surface area contributed by atoms with Gasteiger partial charge in [-0.1, -0.05) is 13.8 Å². The molecule has 0 radical (unpaired) electrons. The first-order valence-corrected chi connectivity index (χ1v) is 5.00. The molecule has 0 saturated carbocycles. The van der Waals surface area contributed by atoms with Gasteiger partial charge in [-0.2, -0.15) is 0 Å². The van der Waals surface area contributed by atoms with E-state index in [9.17, 15) is 4.39 Å². The molecule has 2 heteroatoms. The second-order valence-electron chi connectivity index (χ2n) is 3.29. The van der Waals surface area contributed by atoms with Crippen LogP contribution in [0.1, 0.15) is 31.4 Å². The Labute approximate surface area is 84.7 Å². The lowest BCUT2D eigenvalue weighted by atomic mass is 10.1. The van der Waals surface area contributed by atoms with Gasteiger partial charge in [-0.15, -0.1) is 0 Å². The highest BCUT2D eigenvalue weighted by atomic mass is 19.1. The van der Waals surface area contributed by atoms with Crippen LogP contribution in [0.5, 0.6) is 0 Å². The maximum Gasteiger partial charge on any atom is 0.128 e. The molecule has 0 aliphatic rings. The van der Waals surface area contributed by atoms with Crippen molar-refractivity contribution in [3.05, 3.63) is 29.1 Å². The first-order chi connectivity index (χ1) is 6.69. The van der Waals surface area contributed by atoms with E-state index in [0.717, 1.165) is 24.0 Å². The molecule has 0 saturated heterocycles. The minimum Gasteiger partial charge on any atom is -0.261 e. The van der Waals surface area contributed by atoms with Crippen LogP contribution >= 0.6 is 0 Å². The second kappa shape index (κ2) is 4.89. The molecule has 0 spiro atoms. The Morgan fingerprint density at radius 2 is 2.07 bits per heavy atom. The number of hydrogen-bond donors (Lipinski definition) is 0. The van der Waals surface area contributed by atoms with Crippen LogP contribution in [-0.2, 0) is 6.42 Å². The van der Waals surface area contributed by atoms with Gasteiger partial charge < -0.3 is 0 Å². The van der Waals surface area contributed by atoms with Crippen LogP contribution in [0.4, 0.5) is 10.1 Å². The number of halogens is 1. The van der Waals surface area contributed by atoms with E-state index in [0.29, 0.717) is 5.69 Å². The van der Waals surface area contributed by atoms with Gasteiger partial charge in [0.1, 0.15) is 5.82 Å². The van der Waals surface area contributed by atoms with Crippen molar-refractivity contribution >= 4 is 11.9 Å². The molecule has 1 aromatic carbocycles. The van der Waals surface area contributed by atoms with Gasteiger partial charge >= 0.3 is 0 Å². The Balaban J connectivity index is 3.09. The van der Waals surface area contributed by atoms with Crippen molar-refractivity contribution in [1.82, 2.24) is 0 Å². The van der Waals surface area contributed by atoms with Crippen molar-refractivity contribution in [2.45, 2.75) is 33.6 Å². The molecule has 0 aromatic heterocycles. The number of aryl methyl sites for hydroxylation is 1. The van der Waals surface area contributed by atoms with Crippen molar-refractivity contribution < 1.29 is 4.39 Å². The molecule has 1 nitrogen and oxygen atoms in total. The van der Waals surface area contributed by atoms with Gasteiger partial charge in [0, 0.05) is 6.21 Å². The summed E-state index contributed by atoms with van der Waals surface area (Å²) >= 11 is 0. The van der Waals surface area contributed by atoms with Crippen molar-refractivity contribution in [2.75, 3.05) is 0 Å². The summed E-state index contributed by atoms with van der Waals surface area (Å²) in [5.41, 5.74) is 2.49. The monoisotopic (exact) mass is 193 g/mol. The summed E-state index contributed by atoms with van der Waals surface area (Å²) < 4.78 is 13.4. The summed E-state index contributed by atoms with van der Waals surface area (Å²) in [4.78, 5) is 4.17. The lowest BCUT2D eigenvalue weighted by Gasteiger charge is -2.05. The standard InChI is InChI=1S/C12H16FN/c1-4-6-14-11-7-10(5-2)9(3)12(13)8-11/h6-8H,4-5H2,1-3H3. The Bertz CT molecular complexity index is 342. The minimum absolute atomic E-state index is 0.160. The first-order valence-electron chi connectivity index (χ1n) is 5.00. The van der Waals surface area contributed by atoms with Crippen LogP contribution in [0.2, 0.25) is 0 Å². The molecule has 0 N–H and O–H groups in total. The molecule has 0 unspecified atom stereocenters. The summed E-state index contributed by atoms with van der Waals surface area (Å²) in [6, 6.07) is 3.44. The van der Waals surface area contributed by atoms with E-state index in [-0.39, 0.29) is 5.82 Å². The highest BCUT2D eigenvalue weighted by Crippen LogP contribution is 2.21. The fraction of sp³-hybridized carbons (Fsp3) is 0.417. The molecular weight excluding hydrogens is 177 g/mol. The molecule has 0 bridgehead atoms. The molecule has 1 aromatic rings. The fourth-order valence-corrected chi connectivity index (χ4v) is 1.36. The maximum atomic E-state index is 13.4. The summed E-state index contributed by atoms with van der Waals surface area (Å²) in [5.74, 6) is -0.160. The van der Waals surface area contributed by atoms with Crippen molar-refractivity contribution in [3.8, 4) is 0 Å². The topological polar surface area (TPSA) is 12.4 Å². The molecule has 0 fully saturated rings. The van der Waals surface area contributed by atoms with Crippen LogP contribution in [0, 0.1) is 12.7 Å². The number of hydrogen-bond acceptors (Lipinski definition) is 1. The van der Waals surface area contributed by atoms with Crippen LogP contribution in [0.15, 0.2) is 17.1 Å². The van der Waals surface area contributed by atoms with Gasteiger partial charge in [0.2, 0.25) is 0 Å². The van der Waals surface area contributed by atoms with E-state index in [1.165, 1.54) is 6.07 Å². The Hall–Kier alpha value is -1.18. The van der Waals surface area contributed by atoms with Crippen LogP contribution in [0.25, 0.3) is 0 Å². The van der Waals surface area contributed by atoms with E-state index in [1.807, 2.05) is 26.8 Å². The highest BCUT2D eigenvalue weighted by molar-refractivity contribution is 5.63. The molecule has 0 heterocycles. The van der Waals surface area contributed by atoms with Gasteiger partial charge in [-0.25, -0.2) is 4.39 Å². The first kappa shape index (κ1) is 10.9. The molecule has 0 amide bonds. The Kier molecular flexibility index (Phi) is 3.81. The zero-order valence-electron chi connectivity index (χ0n) is 8.97. The maximum absolute atomic E-state index is 13.4. The number of aliphatic imine (C=N–C) groups is 1. The summed E-state index contributed by atoms with van der Waals surface area (Å²) in [6.45, 7) is 5.84. The zero-order chi connectivity index (χ0) is 10.6. The average molecular weight is 193 g/mol. The van der Waals surface area contributed by atoms with Gasteiger partial charge in [0.05, 0.1) is 5.69 Å². The van der Waals surface area contributed by atoms with Gasteiger partial charge in [-0.05, 0) is 43.0 Å². The van der Waals surface area contributed by atoms with Crippen molar-refractivity contribution in [3.63, 3.8) is 0 Å². The zero-order valence-corrected chi connectivity index (χ0v) is 8.97. The average Bonchev–Trinajstić information content (AvgIpc) is 2.19. The third-order valence-electron chi connectivity index (χ3n) is 2.24. The third-order valence-corrected chi connectivity index (χ3v) is 2.24.